The summed E-state index contributed by atoms with van der Waals surface area (Å²) in [4.78, 5) is 18.9. The highest BCUT2D eigenvalue weighted by atomic mass is 35.5. The van der Waals surface area contributed by atoms with Crippen molar-refractivity contribution in [3.05, 3.63) is 47.0 Å². The van der Waals surface area contributed by atoms with E-state index in [1.165, 1.54) is 12.4 Å². The maximum atomic E-state index is 15.0. The molecule has 3 N–H and O–H groups in total. The average Bonchev–Trinajstić information content (AvgIpc) is 2.57. The molecule has 2 aromatic rings. The SMILES string of the molecule is CC[C@@H](N[C@@H](C)CC(N)=O)c1ccc(Cl)c(Oc2ncccn2)c1F. The molecular weight excluding hydrogens is 347 g/mol. The first-order chi connectivity index (χ1) is 11.9. The largest absolute Gasteiger partial charge is 0.420 e. The van der Waals surface area contributed by atoms with Gasteiger partial charge >= 0.3 is 6.01 Å². The third kappa shape index (κ3) is 5.11. The van der Waals surface area contributed by atoms with E-state index < -0.39 is 11.7 Å². The van der Waals surface area contributed by atoms with Crippen molar-refractivity contribution in [3.8, 4) is 11.8 Å². The minimum Gasteiger partial charge on any atom is -0.420 e. The Bertz CT molecular complexity index is 730. The number of nitrogens with two attached hydrogens (primary N) is 1. The van der Waals surface area contributed by atoms with E-state index in [9.17, 15) is 9.18 Å². The zero-order chi connectivity index (χ0) is 18.4. The van der Waals surface area contributed by atoms with Gasteiger partial charge in [-0.05, 0) is 25.5 Å². The number of ether oxygens (including phenoxy) is 1. The lowest BCUT2D eigenvalue weighted by molar-refractivity contribution is -0.118. The summed E-state index contributed by atoms with van der Waals surface area (Å²) in [5.74, 6) is -1.14. The van der Waals surface area contributed by atoms with E-state index in [0.29, 0.717) is 12.0 Å². The number of carbonyl (C=O) groups excluding carboxylic acids is 1. The van der Waals surface area contributed by atoms with Crippen molar-refractivity contribution in [2.24, 2.45) is 5.73 Å². The first-order valence-electron chi connectivity index (χ1n) is 7.89. The van der Waals surface area contributed by atoms with Crippen LogP contribution in [0.2, 0.25) is 5.02 Å². The van der Waals surface area contributed by atoms with Gasteiger partial charge in [0.2, 0.25) is 5.91 Å². The molecular formula is C17H20ClFN4O2. The van der Waals surface area contributed by atoms with Crippen molar-refractivity contribution < 1.29 is 13.9 Å². The molecule has 0 aliphatic carbocycles. The molecule has 134 valence electrons. The Morgan fingerprint density at radius 1 is 1.40 bits per heavy atom. The van der Waals surface area contributed by atoms with E-state index in [-0.39, 0.29) is 35.3 Å². The standard InChI is InChI=1S/C17H20ClFN4O2/c1-3-13(23-10(2)9-14(20)24)11-5-6-12(18)16(15(11)19)25-17-21-7-4-8-22-17/h4-8,10,13,23H,3,9H2,1-2H3,(H2,20,24)/t10-,13+/m0/s1. The Labute approximate surface area is 150 Å². The molecule has 25 heavy (non-hydrogen) atoms. The molecule has 1 amide bonds. The van der Waals surface area contributed by atoms with E-state index in [1.807, 2.05) is 13.8 Å². The summed E-state index contributed by atoms with van der Waals surface area (Å²) in [7, 11) is 0. The first kappa shape index (κ1) is 19.1. The highest BCUT2D eigenvalue weighted by Crippen LogP contribution is 2.35. The monoisotopic (exact) mass is 366 g/mol. The summed E-state index contributed by atoms with van der Waals surface area (Å²) in [6.45, 7) is 3.72. The number of aromatic nitrogens is 2. The fourth-order valence-corrected chi connectivity index (χ4v) is 2.66. The fourth-order valence-electron chi connectivity index (χ4n) is 2.47. The summed E-state index contributed by atoms with van der Waals surface area (Å²) in [6, 6.07) is 4.25. The van der Waals surface area contributed by atoms with Gasteiger partial charge in [-0.25, -0.2) is 14.4 Å². The van der Waals surface area contributed by atoms with Gasteiger partial charge in [0.15, 0.2) is 11.6 Å². The fraction of sp³-hybridized carbons (Fsp3) is 0.353. The second kappa shape index (κ2) is 8.73. The molecule has 1 aromatic heterocycles. The molecule has 0 unspecified atom stereocenters. The number of hydrogen-bond acceptors (Lipinski definition) is 5. The van der Waals surface area contributed by atoms with Crippen LogP contribution in [0.4, 0.5) is 4.39 Å². The minimum absolute atomic E-state index is 0.00329. The van der Waals surface area contributed by atoms with Crippen LogP contribution >= 0.6 is 11.6 Å². The summed E-state index contributed by atoms with van der Waals surface area (Å²) >= 11 is 6.07. The van der Waals surface area contributed by atoms with Crippen LogP contribution in [0.15, 0.2) is 30.6 Å². The van der Waals surface area contributed by atoms with Crippen molar-refractivity contribution in [1.82, 2.24) is 15.3 Å². The molecule has 6 nitrogen and oxygen atoms in total. The van der Waals surface area contributed by atoms with Crippen molar-refractivity contribution in [2.45, 2.75) is 38.8 Å². The number of rotatable bonds is 8. The van der Waals surface area contributed by atoms with Crippen LogP contribution in [0, 0.1) is 5.82 Å². The maximum absolute atomic E-state index is 15.0. The van der Waals surface area contributed by atoms with Crippen molar-refractivity contribution in [2.75, 3.05) is 0 Å². The van der Waals surface area contributed by atoms with Crippen LogP contribution in [-0.4, -0.2) is 21.9 Å². The normalized spacial score (nSPS) is 13.3. The van der Waals surface area contributed by atoms with Gasteiger partial charge in [0, 0.05) is 36.5 Å². The molecule has 0 aliphatic heterocycles. The topological polar surface area (TPSA) is 90.1 Å². The van der Waals surface area contributed by atoms with Crippen molar-refractivity contribution in [1.29, 1.82) is 0 Å². The molecule has 2 rings (SSSR count). The quantitative estimate of drug-likeness (QED) is 0.747. The molecule has 8 heteroatoms. The molecule has 0 spiro atoms. The number of nitrogens with zero attached hydrogens (tertiary/aromatic N) is 2. The van der Waals surface area contributed by atoms with Gasteiger partial charge in [0.05, 0.1) is 5.02 Å². The Hall–Kier alpha value is -2.25. The number of nitrogens with one attached hydrogen (secondary N) is 1. The molecule has 0 radical (unpaired) electrons. The lowest BCUT2D eigenvalue weighted by Crippen LogP contribution is -2.34. The van der Waals surface area contributed by atoms with E-state index in [2.05, 4.69) is 15.3 Å². The molecule has 0 saturated heterocycles. The predicted molar refractivity (Wildman–Crippen MR) is 93.0 cm³/mol. The first-order valence-corrected chi connectivity index (χ1v) is 8.27. The van der Waals surface area contributed by atoms with Crippen LogP contribution < -0.4 is 15.8 Å². The van der Waals surface area contributed by atoms with Crippen molar-refractivity contribution >= 4 is 17.5 Å². The third-order valence-electron chi connectivity index (χ3n) is 3.59. The van der Waals surface area contributed by atoms with E-state index in [0.717, 1.165) is 0 Å². The highest BCUT2D eigenvalue weighted by molar-refractivity contribution is 6.32. The number of hydrogen-bond donors (Lipinski definition) is 2. The molecule has 0 aliphatic rings. The zero-order valence-electron chi connectivity index (χ0n) is 14.0. The smallest absolute Gasteiger partial charge is 0.322 e. The van der Waals surface area contributed by atoms with E-state index in [1.54, 1.807) is 18.2 Å². The minimum atomic E-state index is -0.592. The number of benzene rings is 1. The highest BCUT2D eigenvalue weighted by Gasteiger charge is 2.22. The number of amides is 1. The zero-order valence-corrected chi connectivity index (χ0v) is 14.8. The molecule has 1 heterocycles. The van der Waals surface area contributed by atoms with Gasteiger partial charge in [-0.3, -0.25) is 4.79 Å². The maximum Gasteiger partial charge on any atom is 0.322 e. The predicted octanol–water partition coefficient (Wildman–Crippen LogP) is 3.37. The number of primary amides is 1. The summed E-state index contributed by atoms with van der Waals surface area (Å²) < 4.78 is 20.4. The van der Waals surface area contributed by atoms with Gasteiger partial charge in [0.25, 0.3) is 0 Å². The molecule has 2 atom stereocenters. The van der Waals surface area contributed by atoms with Crippen LogP contribution in [0.1, 0.15) is 38.3 Å². The molecule has 0 saturated carbocycles. The van der Waals surface area contributed by atoms with Crippen LogP contribution in [0.5, 0.6) is 11.8 Å². The Kier molecular flexibility index (Phi) is 6.66. The van der Waals surface area contributed by atoms with Gasteiger partial charge in [-0.1, -0.05) is 24.6 Å². The van der Waals surface area contributed by atoms with E-state index >= 15 is 0 Å². The van der Waals surface area contributed by atoms with Gasteiger partial charge in [-0.2, -0.15) is 0 Å². The van der Waals surface area contributed by atoms with Gasteiger partial charge in [0.1, 0.15) is 0 Å². The number of carbonyl (C=O) groups is 1. The Balaban J connectivity index is 2.28. The lowest BCUT2D eigenvalue weighted by atomic mass is 10.0. The Morgan fingerprint density at radius 2 is 2.08 bits per heavy atom. The average molecular weight is 367 g/mol. The summed E-state index contributed by atoms with van der Waals surface area (Å²) in [6.07, 6.45) is 3.73. The third-order valence-corrected chi connectivity index (χ3v) is 3.89. The number of halogens is 2. The van der Waals surface area contributed by atoms with Gasteiger partial charge in [-0.15, -0.1) is 0 Å². The summed E-state index contributed by atoms with van der Waals surface area (Å²) in [5.41, 5.74) is 5.59. The van der Waals surface area contributed by atoms with Crippen molar-refractivity contribution in [3.63, 3.8) is 0 Å². The second-order valence-electron chi connectivity index (χ2n) is 5.61. The van der Waals surface area contributed by atoms with Crippen LogP contribution in [0.25, 0.3) is 0 Å². The van der Waals surface area contributed by atoms with E-state index in [4.69, 9.17) is 22.1 Å². The molecule has 1 aromatic carbocycles. The van der Waals surface area contributed by atoms with Crippen LogP contribution in [-0.2, 0) is 4.79 Å². The molecule has 0 bridgehead atoms. The molecule has 0 fully saturated rings. The lowest BCUT2D eigenvalue weighted by Gasteiger charge is -2.23. The second-order valence-corrected chi connectivity index (χ2v) is 6.02. The van der Waals surface area contributed by atoms with Gasteiger partial charge < -0.3 is 15.8 Å². The Morgan fingerprint density at radius 3 is 2.68 bits per heavy atom. The van der Waals surface area contributed by atoms with Crippen LogP contribution in [0.3, 0.4) is 0 Å². The summed E-state index contributed by atoms with van der Waals surface area (Å²) in [5, 5.41) is 3.31.